The van der Waals surface area contributed by atoms with Crippen LogP contribution in [0.5, 0.6) is 0 Å². The third kappa shape index (κ3) is 3.40. The molecule has 1 aliphatic rings. The topological polar surface area (TPSA) is 41.6 Å². The number of ether oxygens (including phenoxy) is 1. The second-order valence-corrected chi connectivity index (χ2v) is 6.78. The minimum absolute atomic E-state index is 0.0103. The fraction of sp³-hybridized carbons (Fsp3) is 0.667. The van der Waals surface area contributed by atoms with E-state index in [-0.39, 0.29) is 24.2 Å². The van der Waals surface area contributed by atoms with Gasteiger partial charge in [-0.05, 0) is 30.7 Å². The Balaban J connectivity index is 2.16. The summed E-state index contributed by atoms with van der Waals surface area (Å²) in [5, 5.41) is 5.54. The first-order chi connectivity index (χ1) is 9.52. The van der Waals surface area contributed by atoms with Gasteiger partial charge in [0.25, 0.3) is 0 Å². The monoisotopic (exact) mass is 296 g/mol. The van der Waals surface area contributed by atoms with Crippen molar-refractivity contribution >= 4 is 17.2 Å². The maximum Gasteiger partial charge on any atom is 0.241 e. The molecule has 0 aliphatic carbocycles. The lowest BCUT2D eigenvalue weighted by molar-refractivity contribution is -0.131. The number of methoxy groups -OCH3 is 1. The van der Waals surface area contributed by atoms with Crippen LogP contribution in [-0.2, 0) is 9.53 Å². The molecule has 2 rings (SSSR count). The molecule has 3 atom stereocenters. The van der Waals surface area contributed by atoms with Crippen molar-refractivity contribution in [2.45, 2.75) is 45.5 Å². The number of nitrogens with zero attached hydrogens (tertiary/aromatic N) is 1. The Kier molecular flexibility index (Phi) is 5.18. The molecule has 0 aromatic carbocycles. The lowest BCUT2D eigenvalue weighted by Crippen LogP contribution is -2.37. The molecule has 1 aromatic heterocycles. The van der Waals surface area contributed by atoms with Crippen molar-refractivity contribution in [1.82, 2.24) is 10.2 Å². The number of carbonyl (C=O) groups excluding carboxylic acids is 1. The van der Waals surface area contributed by atoms with Gasteiger partial charge >= 0.3 is 0 Å². The molecule has 1 N–H and O–H groups in total. The van der Waals surface area contributed by atoms with Crippen LogP contribution < -0.4 is 5.32 Å². The molecule has 0 radical (unpaired) electrons. The highest BCUT2D eigenvalue weighted by atomic mass is 32.1. The molecule has 0 bridgehead atoms. The summed E-state index contributed by atoms with van der Waals surface area (Å²) >= 11 is 1.68. The van der Waals surface area contributed by atoms with Gasteiger partial charge in [-0.2, -0.15) is 0 Å². The van der Waals surface area contributed by atoms with Gasteiger partial charge in [0, 0.05) is 18.5 Å². The van der Waals surface area contributed by atoms with E-state index >= 15 is 0 Å². The summed E-state index contributed by atoms with van der Waals surface area (Å²) in [4.78, 5) is 15.7. The Bertz CT molecular complexity index is 433. The zero-order valence-corrected chi connectivity index (χ0v) is 13.4. The molecule has 1 amide bonds. The van der Waals surface area contributed by atoms with Crippen molar-refractivity contribution < 1.29 is 9.53 Å². The number of hydrogen-bond donors (Lipinski definition) is 1. The third-order valence-electron chi connectivity index (χ3n) is 3.63. The normalized spacial score (nSPS) is 24.6. The lowest BCUT2D eigenvalue weighted by atomic mass is 10.0. The highest BCUT2D eigenvalue weighted by molar-refractivity contribution is 7.10. The Labute approximate surface area is 125 Å². The van der Waals surface area contributed by atoms with Crippen LogP contribution in [0.15, 0.2) is 17.5 Å². The number of thiophene rings is 1. The van der Waals surface area contributed by atoms with E-state index in [0.717, 1.165) is 6.42 Å². The number of rotatable bonds is 6. The summed E-state index contributed by atoms with van der Waals surface area (Å²) in [6.07, 6.45) is 0.906. The van der Waals surface area contributed by atoms with Gasteiger partial charge in [0.1, 0.15) is 6.17 Å². The van der Waals surface area contributed by atoms with E-state index in [4.69, 9.17) is 4.74 Å². The highest BCUT2D eigenvalue weighted by Crippen LogP contribution is 2.30. The van der Waals surface area contributed by atoms with Crippen molar-refractivity contribution in [3.8, 4) is 0 Å². The number of amides is 1. The first kappa shape index (κ1) is 15.5. The zero-order chi connectivity index (χ0) is 14.7. The smallest absolute Gasteiger partial charge is 0.241 e. The fourth-order valence-corrected chi connectivity index (χ4v) is 3.34. The van der Waals surface area contributed by atoms with E-state index in [1.54, 1.807) is 18.4 Å². The van der Waals surface area contributed by atoms with Crippen LogP contribution in [0.2, 0.25) is 0 Å². The molecule has 0 spiro atoms. The van der Waals surface area contributed by atoms with E-state index in [2.05, 4.69) is 30.6 Å². The molecule has 3 unspecified atom stereocenters. The van der Waals surface area contributed by atoms with Crippen LogP contribution in [0.4, 0.5) is 0 Å². The van der Waals surface area contributed by atoms with Crippen LogP contribution >= 0.6 is 11.3 Å². The summed E-state index contributed by atoms with van der Waals surface area (Å²) in [6.45, 7) is 6.92. The van der Waals surface area contributed by atoms with Crippen molar-refractivity contribution in [2.24, 2.45) is 5.92 Å². The number of hydrogen-bond acceptors (Lipinski definition) is 4. The molecule has 4 nitrogen and oxygen atoms in total. The Morgan fingerprint density at radius 1 is 1.45 bits per heavy atom. The predicted octanol–water partition coefficient (Wildman–Crippen LogP) is 2.63. The van der Waals surface area contributed by atoms with Gasteiger partial charge in [0.05, 0.1) is 12.1 Å². The Morgan fingerprint density at radius 2 is 2.20 bits per heavy atom. The molecule has 0 saturated carbocycles. The van der Waals surface area contributed by atoms with E-state index in [1.807, 2.05) is 17.9 Å². The fourth-order valence-electron chi connectivity index (χ4n) is 2.55. The van der Waals surface area contributed by atoms with Crippen LogP contribution in [-0.4, -0.2) is 36.6 Å². The standard InChI is InChI=1S/C15H24N2O2S/c1-10(2)8-12-15(18)17(9-11(3)19-4)14(16-12)13-6-5-7-20-13/h5-7,10-12,14,16H,8-9H2,1-4H3. The van der Waals surface area contributed by atoms with Crippen molar-refractivity contribution in [2.75, 3.05) is 13.7 Å². The van der Waals surface area contributed by atoms with Crippen molar-refractivity contribution in [3.63, 3.8) is 0 Å². The van der Waals surface area contributed by atoms with Gasteiger partial charge in [0.15, 0.2) is 0 Å². The number of nitrogens with one attached hydrogen (secondary N) is 1. The Morgan fingerprint density at radius 3 is 2.75 bits per heavy atom. The molecule has 5 heteroatoms. The average molecular weight is 296 g/mol. The zero-order valence-electron chi connectivity index (χ0n) is 12.6. The van der Waals surface area contributed by atoms with Crippen LogP contribution in [0.25, 0.3) is 0 Å². The minimum atomic E-state index is -0.0776. The predicted molar refractivity (Wildman–Crippen MR) is 81.6 cm³/mol. The number of carbonyl (C=O) groups is 1. The van der Waals surface area contributed by atoms with Crippen LogP contribution in [0.1, 0.15) is 38.2 Å². The molecule has 112 valence electrons. The third-order valence-corrected chi connectivity index (χ3v) is 4.55. The summed E-state index contributed by atoms with van der Waals surface area (Å²) in [7, 11) is 1.68. The van der Waals surface area contributed by atoms with Gasteiger partial charge in [-0.1, -0.05) is 19.9 Å². The van der Waals surface area contributed by atoms with E-state index < -0.39 is 0 Å². The van der Waals surface area contributed by atoms with Gasteiger partial charge < -0.3 is 9.64 Å². The summed E-state index contributed by atoms with van der Waals surface area (Å²) < 4.78 is 5.32. The van der Waals surface area contributed by atoms with Gasteiger partial charge in [-0.25, -0.2) is 0 Å². The van der Waals surface area contributed by atoms with Crippen LogP contribution in [0, 0.1) is 5.92 Å². The van der Waals surface area contributed by atoms with Gasteiger partial charge in [-0.3, -0.25) is 10.1 Å². The minimum Gasteiger partial charge on any atom is -0.380 e. The average Bonchev–Trinajstić information content (AvgIpc) is 3.01. The highest BCUT2D eigenvalue weighted by Gasteiger charge is 2.40. The molecule has 2 heterocycles. The molecule has 1 fully saturated rings. The van der Waals surface area contributed by atoms with Crippen LogP contribution in [0.3, 0.4) is 0 Å². The first-order valence-electron chi connectivity index (χ1n) is 7.15. The molecular weight excluding hydrogens is 272 g/mol. The van der Waals surface area contributed by atoms with Gasteiger partial charge in [0.2, 0.25) is 5.91 Å². The lowest BCUT2D eigenvalue weighted by Gasteiger charge is -2.25. The SMILES string of the molecule is COC(C)CN1C(=O)C(CC(C)C)NC1c1cccs1. The summed E-state index contributed by atoms with van der Waals surface area (Å²) in [6, 6.07) is 4.03. The molecule has 1 aliphatic heterocycles. The largest absolute Gasteiger partial charge is 0.380 e. The quantitative estimate of drug-likeness (QED) is 0.877. The molecule has 20 heavy (non-hydrogen) atoms. The molecule has 1 saturated heterocycles. The molecular formula is C15H24N2O2S. The molecule has 1 aromatic rings. The first-order valence-corrected chi connectivity index (χ1v) is 8.03. The Hall–Kier alpha value is -0.910. The second kappa shape index (κ2) is 6.70. The van der Waals surface area contributed by atoms with E-state index in [9.17, 15) is 4.79 Å². The second-order valence-electron chi connectivity index (χ2n) is 5.80. The van der Waals surface area contributed by atoms with Crippen molar-refractivity contribution in [3.05, 3.63) is 22.4 Å². The summed E-state index contributed by atoms with van der Waals surface area (Å²) in [5.74, 6) is 0.696. The summed E-state index contributed by atoms with van der Waals surface area (Å²) in [5.41, 5.74) is 0. The maximum atomic E-state index is 12.6. The van der Waals surface area contributed by atoms with Gasteiger partial charge in [-0.15, -0.1) is 11.3 Å². The maximum absolute atomic E-state index is 12.6. The van der Waals surface area contributed by atoms with E-state index in [0.29, 0.717) is 12.5 Å². The van der Waals surface area contributed by atoms with E-state index in [1.165, 1.54) is 4.88 Å². The van der Waals surface area contributed by atoms with Crippen molar-refractivity contribution in [1.29, 1.82) is 0 Å².